The zero-order chi connectivity index (χ0) is 25.9. The fourth-order valence-corrected chi connectivity index (χ4v) is 5.41. The zero-order valence-corrected chi connectivity index (χ0v) is 20.6. The molecule has 0 amide bonds. The highest BCUT2D eigenvalue weighted by atomic mass is 32.1. The molecular formula is C26H22N6O4S. The lowest BCUT2D eigenvalue weighted by molar-refractivity contribution is -0.384. The van der Waals surface area contributed by atoms with E-state index in [4.69, 9.17) is 4.42 Å². The number of nitriles is 1. The van der Waals surface area contributed by atoms with E-state index in [-0.39, 0.29) is 17.8 Å². The molecule has 1 aliphatic heterocycles. The Labute approximate surface area is 214 Å². The Balaban J connectivity index is 1.61. The van der Waals surface area contributed by atoms with Gasteiger partial charge in [0.1, 0.15) is 33.7 Å². The number of rotatable bonds is 6. The normalized spacial score (nSPS) is 14.5. The van der Waals surface area contributed by atoms with E-state index in [1.54, 1.807) is 36.4 Å². The van der Waals surface area contributed by atoms with Gasteiger partial charge in [0.2, 0.25) is 0 Å². The molecule has 186 valence electrons. The van der Waals surface area contributed by atoms with Gasteiger partial charge in [0.05, 0.1) is 9.46 Å². The fraction of sp³-hybridized carbons (Fsp3) is 0.231. The second-order valence-electron chi connectivity index (χ2n) is 8.52. The van der Waals surface area contributed by atoms with Crippen molar-refractivity contribution in [2.24, 2.45) is 0 Å². The van der Waals surface area contributed by atoms with Crippen molar-refractivity contribution in [1.82, 2.24) is 19.3 Å². The van der Waals surface area contributed by atoms with Gasteiger partial charge in [-0.3, -0.25) is 19.5 Å². The maximum absolute atomic E-state index is 13.3. The number of thiazole rings is 1. The van der Waals surface area contributed by atoms with Crippen LogP contribution in [0.25, 0.3) is 23.0 Å². The monoisotopic (exact) mass is 514 g/mol. The van der Waals surface area contributed by atoms with Gasteiger partial charge in [-0.1, -0.05) is 12.5 Å². The predicted molar refractivity (Wildman–Crippen MR) is 138 cm³/mol. The van der Waals surface area contributed by atoms with Gasteiger partial charge in [0.25, 0.3) is 11.2 Å². The molecule has 0 fully saturated rings. The van der Waals surface area contributed by atoms with Crippen molar-refractivity contribution >= 4 is 28.7 Å². The SMILES string of the molecule is C=CCn1c(=O)/c(=C/c2ccc(-c3ccc([N+](=O)[O-])cc3)o2)s/c1=C(/C#N)c1nnc2n1CCCCC2. The summed E-state index contributed by atoms with van der Waals surface area (Å²) in [6, 6.07) is 11.7. The third kappa shape index (κ3) is 4.66. The lowest BCUT2D eigenvalue weighted by Crippen LogP contribution is -2.32. The number of nitrogens with zero attached hydrogens (tertiary/aromatic N) is 6. The van der Waals surface area contributed by atoms with Crippen molar-refractivity contribution in [3.8, 4) is 17.4 Å². The Kier molecular flexibility index (Phi) is 6.66. The van der Waals surface area contributed by atoms with Crippen LogP contribution in [0, 0.1) is 21.4 Å². The second kappa shape index (κ2) is 10.2. The maximum Gasteiger partial charge on any atom is 0.269 e. The van der Waals surface area contributed by atoms with Crippen LogP contribution in [0.15, 0.2) is 58.3 Å². The molecule has 0 saturated heterocycles. The molecule has 5 rings (SSSR count). The van der Waals surface area contributed by atoms with Crippen LogP contribution in [-0.2, 0) is 19.5 Å². The van der Waals surface area contributed by atoms with Crippen LogP contribution in [0.3, 0.4) is 0 Å². The largest absolute Gasteiger partial charge is 0.457 e. The van der Waals surface area contributed by atoms with E-state index in [1.165, 1.54) is 28.0 Å². The van der Waals surface area contributed by atoms with Crippen LogP contribution >= 0.6 is 11.3 Å². The lowest BCUT2D eigenvalue weighted by Gasteiger charge is -2.06. The first-order valence-electron chi connectivity index (χ1n) is 11.7. The van der Waals surface area contributed by atoms with Crippen LogP contribution in [0.5, 0.6) is 0 Å². The number of aryl methyl sites for hydroxylation is 1. The molecular weight excluding hydrogens is 492 g/mol. The zero-order valence-electron chi connectivity index (χ0n) is 19.8. The molecule has 0 N–H and O–H groups in total. The van der Waals surface area contributed by atoms with Crippen LogP contribution in [0.4, 0.5) is 5.69 Å². The van der Waals surface area contributed by atoms with Crippen molar-refractivity contribution in [2.75, 3.05) is 0 Å². The smallest absolute Gasteiger partial charge is 0.269 e. The van der Waals surface area contributed by atoms with Crippen LogP contribution in [-0.4, -0.2) is 24.3 Å². The van der Waals surface area contributed by atoms with E-state index in [2.05, 4.69) is 22.8 Å². The Morgan fingerprint density at radius 1 is 1.22 bits per heavy atom. The molecule has 0 saturated carbocycles. The molecule has 37 heavy (non-hydrogen) atoms. The van der Waals surface area contributed by atoms with Crippen molar-refractivity contribution in [3.05, 3.63) is 96.1 Å². The first-order chi connectivity index (χ1) is 18.0. The average molecular weight is 515 g/mol. The quantitative estimate of drug-likeness (QED) is 0.219. The van der Waals surface area contributed by atoms with E-state index in [0.717, 1.165) is 38.1 Å². The van der Waals surface area contributed by atoms with Gasteiger partial charge >= 0.3 is 0 Å². The summed E-state index contributed by atoms with van der Waals surface area (Å²) in [4.78, 5) is 23.8. The third-order valence-electron chi connectivity index (χ3n) is 6.14. The van der Waals surface area contributed by atoms with Crippen molar-refractivity contribution < 1.29 is 9.34 Å². The number of allylic oxidation sites excluding steroid dienone is 1. The summed E-state index contributed by atoms with van der Waals surface area (Å²) < 4.78 is 10.3. The molecule has 1 aromatic carbocycles. The molecule has 4 heterocycles. The van der Waals surface area contributed by atoms with E-state index in [9.17, 15) is 20.2 Å². The molecule has 10 nitrogen and oxygen atoms in total. The Morgan fingerprint density at radius 3 is 2.76 bits per heavy atom. The van der Waals surface area contributed by atoms with Gasteiger partial charge in [0, 0.05) is 43.3 Å². The summed E-state index contributed by atoms with van der Waals surface area (Å²) in [7, 11) is 0. The van der Waals surface area contributed by atoms with E-state index >= 15 is 0 Å². The van der Waals surface area contributed by atoms with Crippen molar-refractivity contribution in [3.63, 3.8) is 0 Å². The lowest BCUT2D eigenvalue weighted by atomic mass is 10.1. The van der Waals surface area contributed by atoms with Crippen LogP contribution in [0.1, 0.15) is 36.7 Å². The molecule has 4 aromatic rings. The van der Waals surface area contributed by atoms with Crippen LogP contribution < -0.4 is 14.8 Å². The fourth-order valence-electron chi connectivity index (χ4n) is 4.33. The van der Waals surface area contributed by atoms with Gasteiger partial charge in [-0.05, 0) is 37.1 Å². The Bertz CT molecular complexity index is 1720. The molecule has 11 heteroatoms. The topological polar surface area (TPSA) is 133 Å². The van der Waals surface area contributed by atoms with Gasteiger partial charge < -0.3 is 8.98 Å². The summed E-state index contributed by atoms with van der Waals surface area (Å²) in [5, 5.41) is 29.6. The van der Waals surface area contributed by atoms with Gasteiger partial charge in [0.15, 0.2) is 5.82 Å². The van der Waals surface area contributed by atoms with Crippen molar-refractivity contribution in [2.45, 2.75) is 38.8 Å². The highest BCUT2D eigenvalue weighted by Crippen LogP contribution is 2.25. The molecule has 0 bridgehead atoms. The van der Waals surface area contributed by atoms with E-state index in [1.807, 2.05) is 4.57 Å². The Hall–Kier alpha value is -4.56. The summed E-state index contributed by atoms with van der Waals surface area (Å²) >= 11 is 1.19. The number of hydrogen-bond donors (Lipinski definition) is 0. The molecule has 0 spiro atoms. The number of fused-ring (bicyclic) bond motifs is 1. The number of hydrogen-bond acceptors (Lipinski definition) is 8. The van der Waals surface area contributed by atoms with Gasteiger partial charge in [-0.15, -0.1) is 28.1 Å². The number of benzene rings is 1. The summed E-state index contributed by atoms with van der Waals surface area (Å²) in [5.74, 6) is 2.29. The maximum atomic E-state index is 13.3. The van der Waals surface area contributed by atoms with Crippen LogP contribution in [0.2, 0.25) is 0 Å². The van der Waals surface area contributed by atoms with E-state index < -0.39 is 4.92 Å². The standard InChI is InChI=1S/C26H22N6O4S/c1-2-13-31-25(33)22(15-19-11-12-21(36-19)17-7-9-18(10-8-17)32(34)35)37-26(31)20(16-27)24-29-28-23-6-4-3-5-14-30(23)24/h2,7-12,15H,1,3-6,13-14H2/b22-15-,26-20-. The summed E-state index contributed by atoms with van der Waals surface area (Å²) in [5.41, 5.74) is 0.700. The van der Waals surface area contributed by atoms with Gasteiger partial charge in [-0.25, -0.2) is 0 Å². The summed E-state index contributed by atoms with van der Waals surface area (Å²) in [6.45, 7) is 4.73. The predicted octanol–water partition coefficient (Wildman–Crippen LogP) is 3.13. The minimum atomic E-state index is -0.461. The third-order valence-corrected chi connectivity index (χ3v) is 7.27. The Morgan fingerprint density at radius 2 is 2.03 bits per heavy atom. The number of nitro groups is 1. The van der Waals surface area contributed by atoms with Gasteiger partial charge in [-0.2, -0.15) is 5.26 Å². The molecule has 3 aromatic heterocycles. The molecule has 0 unspecified atom stereocenters. The molecule has 0 radical (unpaired) electrons. The molecule has 0 aliphatic carbocycles. The molecule has 1 aliphatic rings. The minimum absolute atomic E-state index is 0.00918. The first kappa shape index (κ1) is 24.1. The number of aromatic nitrogens is 4. The van der Waals surface area contributed by atoms with E-state index in [0.29, 0.717) is 37.7 Å². The number of non-ortho nitro benzene ring substituents is 1. The highest BCUT2D eigenvalue weighted by molar-refractivity contribution is 7.07. The van der Waals surface area contributed by atoms with Crippen molar-refractivity contribution in [1.29, 1.82) is 5.26 Å². The summed E-state index contributed by atoms with van der Waals surface area (Å²) in [6.07, 6.45) is 7.16. The average Bonchev–Trinajstić information content (AvgIpc) is 3.55. The second-order valence-corrected chi connectivity index (χ2v) is 9.55. The first-order valence-corrected chi connectivity index (χ1v) is 12.6. The number of nitro benzene ring substituents is 1. The minimum Gasteiger partial charge on any atom is -0.457 e. The molecule has 0 atom stereocenters. The number of furan rings is 1. The highest BCUT2D eigenvalue weighted by Gasteiger charge is 2.20.